The van der Waals surface area contributed by atoms with Crippen molar-refractivity contribution in [2.24, 2.45) is 7.05 Å². The molecule has 0 aromatic carbocycles. The van der Waals surface area contributed by atoms with Crippen molar-refractivity contribution in [1.82, 2.24) is 15.1 Å². The second kappa shape index (κ2) is 5.73. The SMILES string of the molecule is Cn1cc(N2CCC[C@@H](NC(=O)OC(C)(C)C)C2)cn1. The fourth-order valence-electron chi connectivity index (χ4n) is 2.38. The number of anilines is 1. The summed E-state index contributed by atoms with van der Waals surface area (Å²) in [6.45, 7) is 7.41. The summed E-state index contributed by atoms with van der Waals surface area (Å²) in [5.74, 6) is 0. The van der Waals surface area contributed by atoms with Crippen LogP contribution in [-0.2, 0) is 11.8 Å². The van der Waals surface area contributed by atoms with Gasteiger partial charge in [-0.25, -0.2) is 4.79 Å². The van der Waals surface area contributed by atoms with E-state index in [0.717, 1.165) is 31.6 Å². The first kappa shape index (κ1) is 14.7. The molecule has 0 saturated carbocycles. The molecule has 20 heavy (non-hydrogen) atoms. The van der Waals surface area contributed by atoms with Gasteiger partial charge in [-0.2, -0.15) is 5.10 Å². The van der Waals surface area contributed by atoms with Crippen molar-refractivity contribution in [2.45, 2.75) is 45.3 Å². The van der Waals surface area contributed by atoms with Gasteiger partial charge in [0.2, 0.25) is 0 Å². The number of aromatic nitrogens is 2. The third-order valence-electron chi connectivity index (χ3n) is 3.20. The molecule has 2 rings (SSSR count). The van der Waals surface area contributed by atoms with Gasteiger partial charge in [-0.3, -0.25) is 4.68 Å². The topological polar surface area (TPSA) is 59.4 Å². The lowest BCUT2D eigenvalue weighted by molar-refractivity contribution is 0.0500. The maximum absolute atomic E-state index is 11.8. The molecule has 1 amide bonds. The Kier molecular flexibility index (Phi) is 4.20. The highest BCUT2D eigenvalue weighted by Crippen LogP contribution is 2.19. The van der Waals surface area contributed by atoms with E-state index in [1.807, 2.05) is 40.2 Å². The lowest BCUT2D eigenvalue weighted by atomic mass is 10.1. The molecule has 1 aromatic rings. The Hall–Kier alpha value is -1.72. The predicted molar refractivity (Wildman–Crippen MR) is 77.8 cm³/mol. The van der Waals surface area contributed by atoms with E-state index >= 15 is 0 Å². The van der Waals surface area contributed by atoms with E-state index in [2.05, 4.69) is 15.3 Å². The third kappa shape index (κ3) is 4.15. The second-order valence-corrected chi connectivity index (χ2v) is 6.30. The number of ether oxygens (including phenoxy) is 1. The monoisotopic (exact) mass is 280 g/mol. The van der Waals surface area contributed by atoms with Crippen molar-refractivity contribution in [1.29, 1.82) is 0 Å². The number of rotatable bonds is 2. The molecule has 1 N–H and O–H groups in total. The lowest BCUT2D eigenvalue weighted by Gasteiger charge is -2.34. The molecule has 0 radical (unpaired) electrons. The molecule has 1 fully saturated rings. The van der Waals surface area contributed by atoms with Crippen LogP contribution in [0.2, 0.25) is 0 Å². The molecule has 6 nitrogen and oxygen atoms in total. The molecule has 112 valence electrons. The van der Waals surface area contributed by atoms with Crippen molar-refractivity contribution >= 4 is 11.8 Å². The normalized spacial score (nSPS) is 19.8. The van der Waals surface area contributed by atoms with Crippen LogP contribution in [0.5, 0.6) is 0 Å². The first-order valence-electron chi connectivity index (χ1n) is 7.06. The summed E-state index contributed by atoms with van der Waals surface area (Å²) in [7, 11) is 1.91. The van der Waals surface area contributed by atoms with E-state index in [4.69, 9.17) is 4.74 Å². The minimum Gasteiger partial charge on any atom is -0.444 e. The van der Waals surface area contributed by atoms with Crippen molar-refractivity contribution in [3.05, 3.63) is 12.4 Å². The van der Waals surface area contributed by atoms with E-state index in [1.165, 1.54) is 0 Å². The summed E-state index contributed by atoms with van der Waals surface area (Å²) in [5, 5.41) is 7.14. The van der Waals surface area contributed by atoms with E-state index in [1.54, 1.807) is 4.68 Å². The van der Waals surface area contributed by atoms with Gasteiger partial charge in [0.25, 0.3) is 0 Å². The molecular weight excluding hydrogens is 256 g/mol. The average molecular weight is 280 g/mol. The van der Waals surface area contributed by atoms with E-state index < -0.39 is 5.60 Å². The Morgan fingerprint density at radius 2 is 2.25 bits per heavy atom. The van der Waals surface area contributed by atoms with Gasteiger partial charge in [0, 0.05) is 32.4 Å². The van der Waals surface area contributed by atoms with Crippen LogP contribution in [-0.4, -0.2) is 40.6 Å². The molecule has 1 aliphatic heterocycles. The minimum atomic E-state index is -0.457. The number of amides is 1. The molecule has 6 heteroatoms. The Morgan fingerprint density at radius 1 is 1.50 bits per heavy atom. The van der Waals surface area contributed by atoms with Gasteiger partial charge in [0.05, 0.1) is 11.9 Å². The highest BCUT2D eigenvalue weighted by Gasteiger charge is 2.24. The van der Waals surface area contributed by atoms with Crippen LogP contribution in [0.3, 0.4) is 0 Å². The molecule has 1 aliphatic rings. The van der Waals surface area contributed by atoms with Gasteiger partial charge >= 0.3 is 6.09 Å². The summed E-state index contributed by atoms with van der Waals surface area (Å²) in [5.41, 5.74) is 0.644. The maximum Gasteiger partial charge on any atom is 0.407 e. The lowest BCUT2D eigenvalue weighted by Crippen LogP contribution is -2.49. The fourth-order valence-corrected chi connectivity index (χ4v) is 2.38. The quantitative estimate of drug-likeness (QED) is 0.899. The number of piperidine rings is 1. The van der Waals surface area contributed by atoms with Crippen LogP contribution < -0.4 is 10.2 Å². The predicted octanol–water partition coefficient (Wildman–Crippen LogP) is 1.91. The van der Waals surface area contributed by atoms with E-state index in [0.29, 0.717) is 0 Å². The summed E-state index contributed by atoms with van der Waals surface area (Å²) in [6.07, 6.45) is 5.55. The van der Waals surface area contributed by atoms with Crippen molar-refractivity contribution < 1.29 is 9.53 Å². The zero-order valence-corrected chi connectivity index (χ0v) is 12.7. The number of hydrogen-bond donors (Lipinski definition) is 1. The van der Waals surface area contributed by atoms with Gasteiger partial charge in [-0.05, 0) is 33.6 Å². The smallest absolute Gasteiger partial charge is 0.407 e. The zero-order chi connectivity index (χ0) is 14.8. The molecule has 2 heterocycles. The largest absolute Gasteiger partial charge is 0.444 e. The Balaban J connectivity index is 1.89. The standard InChI is InChI=1S/C14H24N4O2/c1-14(2,3)20-13(19)16-11-6-5-7-18(9-11)12-8-15-17(4)10-12/h8,10-11H,5-7,9H2,1-4H3,(H,16,19)/t11-/m1/s1. The molecule has 1 aromatic heterocycles. The molecule has 1 saturated heterocycles. The summed E-state index contributed by atoms with van der Waals surface area (Å²) < 4.78 is 7.09. The van der Waals surface area contributed by atoms with Crippen molar-refractivity contribution in [3.8, 4) is 0 Å². The van der Waals surface area contributed by atoms with Crippen LogP contribution >= 0.6 is 0 Å². The summed E-state index contributed by atoms with van der Waals surface area (Å²) in [4.78, 5) is 14.1. The number of hydrogen-bond acceptors (Lipinski definition) is 4. The number of nitrogens with one attached hydrogen (secondary N) is 1. The van der Waals surface area contributed by atoms with E-state index in [9.17, 15) is 4.79 Å². The maximum atomic E-state index is 11.8. The number of aryl methyl sites for hydroxylation is 1. The van der Waals surface area contributed by atoms with Gasteiger partial charge in [0.1, 0.15) is 5.60 Å². The first-order valence-corrected chi connectivity index (χ1v) is 7.06. The molecule has 0 bridgehead atoms. The third-order valence-corrected chi connectivity index (χ3v) is 3.20. The highest BCUT2D eigenvalue weighted by molar-refractivity contribution is 5.68. The summed E-state index contributed by atoms with van der Waals surface area (Å²) in [6, 6.07) is 0.124. The van der Waals surface area contributed by atoms with E-state index in [-0.39, 0.29) is 12.1 Å². The van der Waals surface area contributed by atoms with Crippen LogP contribution in [0.4, 0.5) is 10.5 Å². The van der Waals surface area contributed by atoms with Crippen molar-refractivity contribution in [2.75, 3.05) is 18.0 Å². The van der Waals surface area contributed by atoms with Gasteiger partial charge in [0.15, 0.2) is 0 Å². The number of carbonyl (C=O) groups is 1. The molecule has 0 aliphatic carbocycles. The Labute approximate surface area is 120 Å². The Bertz CT molecular complexity index is 464. The number of nitrogens with zero attached hydrogens (tertiary/aromatic N) is 3. The minimum absolute atomic E-state index is 0.124. The first-order chi connectivity index (χ1) is 9.33. The van der Waals surface area contributed by atoms with Gasteiger partial charge in [-0.15, -0.1) is 0 Å². The molecule has 1 atom stereocenters. The van der Waals surface area contributed by atoms with Crippen LogP contribution in [0, 0.1) is 0 Å². The van der Waals surface area contributed by atoms with Crippen molar-refractivity contribution in [3.63, 3.8) is 0 Å². The van der Waals surface area contributed by atoms with Crippen LogP contribution in [0.25, 0.3) is 0 Å². The Morgan fingerprint density at radius 3 is 2.85 bits per heavy atom. The zero-order valence-electron chi connectivity index (χ0n) is 12.7. The van der Waals surface area contributed by atoms with Crippen LogP contribution in [0.15, 0.2) is 12.4 Å². The highest BCUT2D eigenvalue weighted by atomic mass is 16.6. The molecule has 0 spiro atoms. The fraction of sp³-hybridized carbons (Fsp3) is 0.714. The number of carbonyl (C=O) groups excluding carboxylic acids is 1. The number of alkyl carbamates (subject to hydrolysis) is 1. The van der Waals surface area contributed by atoms with Gasteiger partial charge < -0.3 is 15.0 Å². The van der Waals surface area contributed by atoms with Crippen LogP contribution in [0.1, 0.15) is 33.6 Å². The second-order valence-electron chi connectivity index (χ2n) is 6.30. The summed E-state index contributed by atoms with van der Waals surface area (Å²) >= 11 is 0. The molecular formula is C14H24N4O2. The van der Waals surface area contributed by atoms with Gasteiger partial charge in [-0.1, -0.05) is 0 Å². The average Bonchev–Trinajstić information content (AvgIpc) is 2.73. The molecule has 0 unspecified atom stereocenters.